The van der Waals surface area contributed by atoms with Crippen molar-refractivity contribution in [1.82, 2.24) is 9.97 Å². The topological polar surface area (TPSA) is 91.8 Å². The minimum Gasteiger partial charge on any atom is -0.493 e. The lowest BCUT2D eigenvalue weighted by Crippen LogP contribution is -2.13. The first kappa shape index (κ1) is 17.3. The number of hydrogen-bond donors (Lipinski definition) is 1. The quantitative estimate of drug-likeness (QED) is 0.830. The molecule has 0 unspecified atom stereocenters. The maximum atomic E-state index is 12.4. The summed E-state index contributed by atoms with van der Waals surface area (Å²) in [7, 11) is 4.47. The van der Waals surface area contributed by atoms with E-state index in [0.29, 0.717) is 35.1 Å². The van der Waals surface area contributed by atoms with Crippen LogP contribution in [0.1, 0.15) is 17.3 Å². The zero-order chi connectivity index (χ0) is 17.5. The number of nitrogens with one attached hydrogen (secondary N) is 1. The van der Waals surface area contributed by atoms with E-state index in [2.05, 4.69) is 15.3 Å². The van der Waals surface area contributed by atoms with Gasteiger partial charge >= 0.3 is 6.01 Å². The fourth-order valence-corrected chi connectivity index (χ4v) is 2.00. The number of carbonyl (C=O) groups is 1. The molecule has 8 heteroatoms. The Balaban J connectivity index is 2.22. The third kappa shape index (κ3) is 3.83. The van der Waals surface area contributed by atoms with Crippen LogP contribution in [0.5, 0.6) is 23.3 Å². The molecule has 128 valence electrons. The van der Waals surface area contributed by atoms with Gasteiger partial charge in [0.2, 0.25) is 5.75 Å². The molecule has 8 nitrogen and oxygen atoms in total. The summed E-state index contributed by atoms with van der Waals surface area (Å²) in [6.07, 6.45) is 2.93. The van der Waals surface area contributed by atoms with Gasteiger partial charge in [0.25, 0.3) is 5.91 Å². The molecule has 2 rings (SSSR count). The summed E-state index contributed by atoms with van der Waals surface area (Å²) in [6, 6.07) is 3.38. The van der Waals surface area contributed by atoms with Gasteiger partial charge in [-0.15, -0.1) is 0 Å². The standard InChI is InChI=1S/C16H19N3O5/c1-5-24-16-17-8-11(9-18-16)19-15(20)10-6-12(21-2)14(23-4)13(7-10)22-3/h6-9H,5H2,1-4H3,(H,19,20). The van der Waals surface area contributed by atoms with Gasteiger partial charge in [-0.1, -0.05) is 0 Å². The molecule has 0 fully saturated rings. The number of aromatic nitrogens is 2. The molecule has 0 saturated heterocycles. The van der Waals surface area contributed by atoms with E-state index in [-0.39, 0.29) is 11.9 Å². The van der Waals surface area contributed by atoms with Gasteiger partial charge in [0.05, 0.1) is 46.0 Å². The van der Waals surface area contributed by atoms with E-state index < -0.39 is 0 Å². The van der Waals surface area contributed by atoms with Crippen LogP contribution >= 0.6 is 0 Å². The highest BCUT2D eigenvalue weighted by atomic mass is 16.5. The van der Waals surface area contributed by atoms with E-state index in [1.807, 2.05) is 6.92 Å². The second-order valence-electron chi connectivity index (χ2n) is 4.56. The molecule has 24 heavy (non-hydrogen) atoms. The lowest BCUT2D eigenvalue weighted by atomic mass is 10.1. The third-order valence-corrected chi connectivity index (χ3v) is 3.09. The van der Waals surface area contributed by atoms with E-state index in [4.69, 9.17) is 18.9 Å². The number of methoxy groups -OCH3 is 3. The predicted octanol–water partition coefficient (Wildman–Crippen LogP) is 2.15. The van der Waals surface area contributed by atoms with Crippen LogP contribution in [0, 0.1) is 0 Å². The van der Waals surface area contributed by atoms with E-state index in [1.165, 1.54) is 33.7 Å². The van der Waals surface area contributed by atoms with Gasteiger partial charge in [-0.25, -0.2) is 9.97 Å². The number of nitrogens with zero attached hydrogens (tertiary/aromatic N) is 2. The Morgan fingerprint density at radius 1 is 1.04 bits per heavy atom. The van der Waals surface area contributed by atoms with Crippen molar-refractivity contribution >= 4 is 11.6 Å². The molecule has 2 aromatic rings. The molecule has 0 spiro atoms. The van der Waals surface area contributed by atoms with Crippen molar-refractivity contribution in [2.45, 2.75) is 6.92 Å². The fraction of sp³-hybridized carbons (Fsp3) is 0.312. The molecule has 0 atom stereocenters. The number of benzene rings is 1. The van der Waals surface area contributed by atoms with Crippen molar-refractivity contribution in [3.05, 3.63) is 30.1 Å². The smallest absolute Gasteiger partial charge is 0.316 e. The molecule has 1 aromatic heterocycles. The van der Waals surface area contributed by atoms with Gasteiger partial charge < -0.3 is 24.3 Å². The van der Waals surface area contributed by atoms with Crippen molar-refractivity contribution in [2.24, 2.45) is 0 Å². The third-order valence-electron chi connectivity index (χ3n) is 3.09. The largest absolute Gasteiger partial charge is 0.493 e. The normalized spacial score (nSPS) is 10.0. The fourth-order valence-electron chi connectivity index (χ4n) is 2.00. The molecular weight excluding hydrogens is 314 g/mol. The van der Waals surface area contributed by atoms with Crippen LogP contribution in [0.15, 0.2) is 24.5 Å². The molecule has 0 radical (unpaired) electrons. The lowest BCUT2D eigenvalue weighted by molar-refractivity contribution is 0.102. The van der Waals surface area contributed by atoms with E-state index in [0.717, 1.165) is 0 Å². The van der Waals surface area contributed by atoms with E-state index >= 15 is 0 Å². The summed E-state index contributed by atoms with van der Waals surface area (Å²) in [4.78, 5) is 20.4. The average Bonchev–Trinajstić information content (AvgIpc) is 2.62. The second-order valence-corrected chi connectivity index (χ2v) is 4.56. The minimum atomic E-state index is -0.359. The zero-order valence-electron chi connectivity index (χ0n) is 14.0. The van der Waals surface area contributed by atoms with E-state index in [1.54, 1.807) is 12.1 Å². The Hall–Kier alpha value is -3.03. The molecule has 1 amide bonds. The van der Waals surface area contributed by atoms with Crippen LogP contribution in [-0.2, 0) is 0 Å². The van der Waals surface area contributed by atoms with Gasteiger partial charge in [0, 0.05) is 5.56 Å². The summed E-state index contributed by atoms with van der Waals surface area (Å²) >= 11 is 0. The highest BCUT2D eigenvalue weighted by Gasteiger charge is 2.17. The van der Waals surface area contributed by atoms with Gasteiger partial charge in [0.15, 0.2) is 11.5 Å². The van der Waals surface area contributed by atoms with Crippen LogP contribution in [0.25, 0.3) is 0 Å². The van der Waals surface area contributed by atoms with Gasteiger partial charge in [-0.05, 0) is 19.1 Å². The van der Waals surface area contributed by atoms with Crippen LogP contribution < -0.4 is 24.3 Å². The molecule has 0 saturated carbocycles. The molecule has 1 aromatic carbocycles. The first-order chi connectivity index (χ1) is 11.6. The number of carbonyl (C=O) groups excluding carboxylic acids is 1. The first-order valence-corrected chi connectivity index (χ1v) is 7.19. The number of hydrogen-bond acceptors (Lipinski definition) is 7. The summed E-state index contributed by atoms with van der Waals surface area (Å²) < 4.78 is 20.9. The van der Waals surface area contributed by atoms with Crippen LogP contribution in [0.2, 0.25) is 0 Å². The van der Waals surface area contributed by atoms with Crippen molar-refractivity contribution in [3.8, 4) is 23.3 Å². The molecule has 1 heterocycles. The number of ether oxygens (including phenoxy) is 4. The molecule has 0 aliphatic carbocycles. The zero-order valence-corrected chi connectivity index (χ0v) is 14.0. The van der Waals surface area contributed by atoms with Crippen molar-refractivity contribution in [3.63, 3.8) is 0 Å². The van der Waals surface area contributed by atoms with E-state index in [9.17, 15) is 4.79 Å². The maximum absolute atomic E-state index is 12.4. The average molecular weight is 333 g/mol. The Bertz CT molecular complexity index is 678. The molecular formula is C16H19N3O5. The predicted molar refractivity (Wildman–Crippen MR) is 87.3 cm³/mol. The molecule has 0 aliphatic rings. The summed E-state index contributed by atoms with van der Waals surface area (Å²) in [5, 5.41) is 2.70. The first-order valence-electron chi connectivity index (χ1n) is 7.19. The highest BCUT2D eigenvalue weighted by Crippen LogP contribution is 2.38. The molecule has 0 aliphatic heterocycles. The Labute approximate surface area is 139 Å². The van der Waals surface area contributed by atoms with Crippen molar-refractivity contribution in [2.75, 3.05) is 33.3 Å². The number of amides is 1. The van der Waals surface area contributed by atoms with Crippen molar-refractivity contribution < 1.29 is 23.7 Å². The summed E-state index contributed by atoms with van der Waals surface area (Å²) in [5.74, 6) is 0.845. The maximum Gasteiger partial charge on any atom is 0.316 e. The summed E-state index contributed by atoms with van der Waals surface area (Å²) in [5.41, 5.74) is 0.788. The Morgan fingerprint density at radius 2 is 1.62 bits per heavy atom. The lowest BCUT2D eigenvalue weighted by Gasteiger charge is -2.14. The minimum absolute atomic E-state index is 0.253. The highest BCUT2D eigenvalue weighted by molar-refractivity contribution is 6.05. The summed E-state index contributed by atoms with van der Waals surface area (Å²) in [6.45, 7) is 2.31. The van der Waals surface area contributed by atoms with Gasteiger partial charge in [-0.3, -0.25) is 4.79 Å². The van der Waals surface area contributed by atoms with Gasteiger partial charge in [-0.2, -0.15) is 0 Å². The SMILES string of the molecule is CCOc1ncc(NC(=O)c2cc(OC)c(OC)c(OC)c2)cn1. The number of anilines is 1. The Morgan fingerprint density at radius 3 is 2.08 bits per heavy atom. The van der Waals surface area contributed by atoms with Gasteiger partial charge in [0.1, 0.15) is 0 Å². The second kappa shape index (κ2) is 8.00. The van der Waals surface area contributed by atoms with Crippen LogP contribution in [0.3, 0.4) is 0 Å². The van der Waals surface area contributed by atoms with Crippen LogP contribution in [0.4, 0.5) is 5.69 Å². The van der Waals surface area contributed by atoms with Crippen LogP contribution in [-0.4, -0.2) is 43.8 Å². The van der Waals surface area contributed by atoms with Crippen molar-refractivity contribution in [1.29, 1.82) is 0 Å². The molecule has 0 bridgehead atoms. The molecule has 1 N–H and O–H groups in total. The number of rotatable bonds is 7. The Kier molecular flexibility index (Phi) is 5.78. The monoisotopic (exact) mass is 333 g/mol.